The van der Waals surface area contributed by atoms with E-state index in [-0.39, 0.29) is 23.3 Å². The van der Waals surface area contributed by atoms with Gasteiger partial charge in [-0.1, -0.05) is 17.7 Å². The van der Waals surface area contributed by atoms with Crippen LogP contribution in [-0.2, 0) is 14.3 Å². The molecule has 3 rings (SSSR count). The average molecular weight is 447 g/mol. The fraction of sp³-hybridized carbons (Fsp3) is 0.190. The number of carbonyl (C=O) groups is 2. The Morgan fingerprint density at radius 3 is 2.37 bits per heavy atom. The molecule has 0 atom stereocenters. The van der Waals surface area contributed by atoms with E-state index < -0.39 is 5.97 Å². The van der Waals surface area contributed by atoms with Gasteiger partial charge in [-0.15, -0.1) is 0 Å². The molecule has 0 bridgehead atoms. The molecule has 1 amide bonds. The number of hydrogen-bond donors (Lipinski definition) is 0. The van der Waals surface area contributed by atoms with Crippen molar-refractivity contribution >= 4 is 52.6 Å². The van der Waals surface area contributed by atoms with Crippen LogP contribution in [-0.4, -0.2) is 49.8 Å². The lowest BCUT2D eigenvalue weighted by Gasteiger charge is -2.19. The SMILES string of the molecule is COC(=O)CN1C(=S)N(c2ccc(OC)cc2)C(=O)/C1=C/c1ccc(OC)c(Cl)c1. The zero-order valence-corrected chi connectivity index (χ0v) is 18.1. The normalized spacial score (nSPS) is 15.0. The molecule has 7 nitrogen and oxygen atoms in total. The molecule has 1 aliphatic rings. The molecule has 1 saturated heterocycles. The van der Waals surface area contributed by atoms with E-state index in [9.17, 15) is 9.59 Å². The summed E-state index contributed by atoms with van der Waals surface area (Å²) in [5, 5.41) is 0.563. The minimum atomic E-state index is -0.527. The third kappa shape index (κ3) is 4.24. The van der Waals surface area contributed by atoms with E-state index in [4.69, 9.17) is 38.0 Å². The van der Waals surface area contributed by atoms with Crippen LogP contribution in [0.4, 0.5) is 5.69 Å². The Morgan fingerprint density at radius 1 is 1.10 bits per heavy atom. The van der Waals surface area contributed by atoms with Crippen molar-refractivity contribution in [2.24, 2.45) is 0 Å². The van der Waals surface area contributed by atoms with Crippen LogP contribution in [0.15, 0.2) is 48.2 Å². The first-order valence-electron chi connectivity index (χ1n) is 8.81. The lowest BCUT2D eigenvalue weighted by Crippen LogP contribution is -2.35. The largest absolute Gasteiger partial charge is 0.497 e. The Morgan fingerprint density at radius 2 is 1.80 bits per heavy atom. The third-order valence-corrected chi connectivity index (χ3v) is 5.16. The third-order valence-electron chi connectivity index (χ3n) is 4.46. The van der Waals surface area contributed by atoms with Gasteiger partial charge < -0.3 is 19.1 Å². The molecule has 156 valence electrons. The van der Waals surface area contributed by atoms with Crippen molar-refractivity contribution in [3.05, 3.63) is 58.7 Å². The van der Waals surface area contributed by atoms with Crippen LogP contribution in [0.5, 0.6) is 11.5 Å². The molecule has 0 aliphatic carbocycles. The number of benzene rings is 2. The molecule has 30 heavy (non-hydrogen) atoms. The molecular formula is C21H19ClN2O5S. The van der Waals surface area contributed by atoms with E-state index in [0.29, 0.717) is 27.8 Å². The molecule has 0 aromatic heterocycles. The smallest absolute Gasteiger partial charge is 0.325 e. The second-order valence-electron chi connectivity index (χ2n) is 6.21. The van der Waals surface area contributed by atoms with Gasteiger partial charge in [0.2, 0.25) is 0 Å². The zero-order chi connectivity index (χ0) is 21.8. The summed E-state index contributed by atoms with van der Waals surface area (Å²) in [6.07, 6.45) is 1.62. The van der Waals surface area contributed by atoms with Gasteiger partial charge in [-0.2, -0.15) is 0 Å². The van der Waals surface area contributed by atoms with Gasteiger partial charge in [0.25, 0.3) is 5.91 Å². The summed E-state index contributed by atoms with van der Waals surface area (Å²) in [4.78, 5) is 28.0. The lowest BCUT2D eigenvalue weighted by molar-refractivity contribution is -0.140. The number of methoxy groups -OCH3 is 3. The van der Waals surface area contributed by atoms with Crippen LogP contribution in [0.3, 0.4) is 0 Å². The first-order valence-corrected chi connectivity index (χ1v) is 9.60. The second-order valence-corrected chi connectivity index (χ2v) is 6.98. The second kappa shape index (κ2) is 9.15. The zero-order valence-electron chi connectivity index (χ0n) is 16.5. The number of amides is 1. The van der Waals surface area contributed by atoms with Gasteiger partial charge in [0.1, 0.15) is 23.7 Å². The number of rotatable bonds is 6. The molecular weight excluding hydrogens is 428 g/mol. The maximum absolute atomic E-state index is 13.3. The van der Waals surface area contributed by atoms with E-state index in [0.717, 1.165) is 0 Å². The molecule has 9 heteroatoms. The van der Waals surface area contributed by atoms with Gasteiger partial charge in [-0.3, -0.25) is 14.5 Å². The van der Waals surface area contributed by atoms with Gasteiger partial charge >= 0.3 is 5.97 Å². The molecule has 2 aromatic rings. The Bertz CT molecular complexity index is 1020. The highest BCUT2D eigenvalue weighted by Gasteiger charge is 2.40. The molecule has 1 aliphatic heterocycles. The Kier molecular flexibility index (Phi) is 6.59. The molecule has 0 radical (unpaired) electrons. The number of ether oxygens (including phenoxy) is 3. The first kappa shape index (κ1) is 21.6. The number of halogens is 1. The highest BCUT2D eigenvalue weighted by Crippen LogP contribution is 2.32. The molecule has 0 saturated carbocycles. The van der Waals surface area contributed by atoms with Crippen LogP contribution in [0, 0.1) is 0 Å². The van der Waals surface area contributed by atoms with E-state index in [1.807, 2.05) is 0 Å². The van der Waals surface area contributed by atoms with E-state index in [1.54, 1.807) is 55.7 Å². The van der Waals surface area contributed by atoms with Crippen molar-refractivity contribution in [1.29, 1.82) is 0 Å². The number of nitrogens with zero attached hydrogens (tertiary/aromatic N) is 2. The number of carbonyl (C=O) groups excluding carboxylic acids is 2. The molecule has 0 N–H and O–H groups in total. The molecule has 2 aromatic carbocycles. The average Bonchev–Trinajstić information content (AvgIpc) is 2.97. The quantitative estimate of drug-likeness (QED) is 0.382. The van der Waals surface area contributed by atoms with Crippen molar-refractivity contribution in [3.63, 3.8) is 0 Å². The van der Waals surface area contributed by atoms with Gasteiger partial charge in [0, 0.05) is 0 Å². The number of anilines is 1. The van der Waals surface area contributed by atoms with Crippen LogP contribution in [0.25, 0.3) is 6.08 Å². The van der Waals surface area contributed by atoms with Crippen molar-refractivity contribution in [1.82, 2.24) is 4.90 Å². The van der Waals surface area contributed by atoms with Crippen LogP contribution < -0.4 is 14.4 Å². The van der Waals surface area contributed by atoms with Crippen LogP contribution >= 0.6 is 23.8 Å². The van der Waals surface area contributed by atoms with Crippen LogP contribution in [0.2, 0.25) is 5.02 Å². The highest BCUT2D eigenvalue weighted by atomic mass is 35.5. The Hall–Kier alpha value is -3.10. The fourth-order valence-electron chi connectivity index (χ4n) is 2.92. The molecule has 0 unspecified atom stereocenters. The summed E-state index contributed by atoms with van der Waals surface area (Å²) in [6.45, 7) is -0.205. The van der Waals surface area contributed by atoms with Crippen molar-refractivity contribution < 1.29 is 23.8 Å². The number of esters is 1. The highest BCUT2D eigenvalue weighted by molar-refractivity contribution is 7.80. The Labute approximate surface area is 184 Å². The van der Waals surface area contributed by atoms with Gasteiger partial charge in [-0.05, 0) is 60.3 Å². The van der Waals surface area contributed by atoms with Gasteiger partial charge in [0.15, 0.2) is 5.11 Å². The number of thiocarbonyl (C=S) groups is 1. The molecule has 1 heterocycles. The summed E-state index contributed by atoms with van der Waals surface area (Å²) in [5.74, 6) is 0.256. The fourth-order valence-corrected chi connectivity index (χ4v) is 3.53. The summed E-state index contributed by atoms with van der Waals surface area (Å²) in [6, 6.07) is 12.0. The summed E-state index contributed by atoms with van der Waals surface area (Å²) in [7, 11) is 4.35. The molecule has 0 spiro atoms. The topological polar surface area (TPSA) is 68.3 Å². The van der Waals surface area contributed by atoms with E-state index >= 15 is 0 Å². The molecule has 1 fully saturated rings. The predicted molar refractivity (Wildman–Crippen MR) is 118 cm³/mol. The predicted octanol–water partition coefficient (Wildman–Crippen LogP) is 3.50. The first-order chi connectivity index (χ1) is 14.4. The number of hydrogen-bond acceptors (Lipinski definition) is 6. The van der Waals surface area contributed by atoms with Crippen molar-refractivity contribution in [3.8, 4) is 11.5 Å². The summed E-state index contributed by atoms with van der Waals surface area (Å²) in [5.41, 5.74) is 1.43. The summed E-state index contributed by atoms with van der Waals surface area (Å²) >= 11 is 11.7. The van der Waals surface area contributed by atoms with E-state index in [1.165, 1.54) is 24.0 Å². The minimum Gasteiger partial charge on any atom is -0.497 e. The Balaban J connectivity index is 2.03. The van der Waals surface area contributed by atoms with Crippen molar-refractivity contribution in [2.45, 2.75) is 0 Å². The summed E-state index contributed by atoms with van der Waals surface area (Å²) < 4.78 is 15.1. The standard InChI is InChI=1S/C21H19ClN2O5S/c1-27-15-7-5-14(6-8-15)24-20(26)17(23(21(24)30)12-19(25)29-3)11-13-4-9-18(28-2)16(22)10-13/h4-11H,12H2,1-3H3/b17-11-. The maximum atomic E-state index is 13.3. The van der Waals surface area contributed by atoms with Gasteiger partial charge in [0.05, 0.1) is 32.0 Å². The minimum absolute atomic E-state index is 0.168. The van der Waals surface area contributed by atoms with E-state index in [2.05, 4.69) is 0 Å². The van der Waals surface area contributed by atoms with Crippen LogP contribution in [0.1, 0.15) is 5.56 Å². The van der Waals surface area contributed by atoms with Gasteiger partial charge in [-0.25, -0.2) is 0 Å². The monoisotopic (exact) mass is 446 g/mol. The van der Waals surface area contributed by atoms with Crippen molar-refractivity contribution in [2.75, 3.05) is 32.8 Å². The maximum Gasteiger partial charge on any atom is 0.325 e. The lowest BCUT2D eigenvalue weighted by atomic mass is 10.1.